The van der Waals surface area contributed by atoms with Gasteiger partial charge in [-0.05, 0) is 12.5 Å². The number of rotatable bonds is 3. The van der Waals surface area contributed by atoms with E-state index in [9.17, 15) is 0 Å². The molecule has 0 saturated carbocycles. The fourth-order valence-corrected chi connectivity index (χ4v) is 1.54. The molecule has 2 heterocycles. The van der Waals surface area contributed by atoms with Gasteiger partial charge in [-0.2, -0.15) is 0 Å². The van der Waals surface area contributed by atoms with E-state index in [0.717, 1.165) is 23.3 Å². The maximum atomic E-state index is 5.66. The molecule has 0 saturated heterocycles. The molecule has 4 heteroatoms. The number of hydrogen-bond acceptors (Lipinski definition) is 3. The van der Waals surface area contributed by atoms with E-state index >= 15 is 0 Å². The minimum absolute atomic E-state index is 0.322. The van der Waals surface area contributed by atoms with Crippen molar-refractivity contribution in [2.45, 2.75) is 19.3 Å². The van der Waals surface area contributed by atoms with Gasteiger partial charge in [-0.3, -0.25) is 4.98 Å². The van der Waals surface area contributed by atoms with Gasteiger partial charge >= 0.3 is 0 Å². The normalized spacial score (nSPS) is 13.3. The molecule has 4 nitrogen and oxygen atoms in total. The Labute approximate surface area is 82.6 Å². The number of nitrogens with one attached hydrogen (secondary N) is 1. The van der Waals surface area contributed by atoms with Crippen molar-refractivity contribution < 1.29 is 0 Å². The van der Waals surface area contributed by atoms with Gasteiger partial charge in [-0.15, -0.1) is 0 Å². The molecule has 0 aliphatic heterocycles. The van der Waals surface area contributed by atoms with Crippen LogP contribution in [0.15, 0.2) is 18.5 Å². The zero-order valence-corrected chi connectivity index (χ0v) is 8.20. The Bertz CT molecular complexity index is 384. The molecule has 0 radical (unpaired) electrons. The molecule has 0 bridgehead atoms. The fraction of sp³-hybridized carbons (Fsp3) is 0.400. The van der Waals surface area contributed by atoms with Crippen LogP contribution in [-0.2, 0) is 0 Å². The van der Waals surface area contributed by atoms with Gasteiger partial charge in [0.25, 0.3) is 0 Å². The third-order valence-electron chi connectivity index (χ3n) is 2.47. The number of hydrogen-bond donors (Lipinski definition) is 2. The van der Waals surface area contributed by atoms with Gasteiger partial charge in [0.05, 0.1) is 17.2 Å². The maximum Gasteiger partial charge on any atom is 0.111 e. The van der Waals surface area contributed by atoms with Gasteiger partial charge in [0.2, 0.25) is 0 Å². The highest BCUT2D eigenvalue weighted by Crippen LogP contribution is 2.18. The third-order valence-corrected chi connectivity index (χ3v) is 2.47. The molecule has 2 aromatic rings. The van der Waals surface area contributed by atoms with Crippen LogP contribution in [0.1, 0.15) is 25.1 Å². The summed E-state index contributed by atoms with van der Waals surface area (Å²) in [7, 11) is 0. The Morgan fingerprint density at radius 2 is 2.43 bits per heavy atom. The molecule has 1 atom stereocenters. The number of pyridine rings is 1. The summed E-state index contributed by atoms with van der Waals surface area (Å²) in [4.78, 5) is 11.8. The molecule has 0 aromatic carbocycles. The Kier molecular flexibility index (Phi) is 2.45. The quantitative estimate of drug-likeness (QED) is 0.769. The molecular weight excluding hydrogens is 176 g/mol. The lowest BCUT2D eigenvalue weighted by Gasteiger charge is -2.07. The van der Waals surface area contributed by atoms with Crippen LogP contribution >= 0.6 is 0 Å². The Morgan fingerprint density at radius 3 is 3.07 bits per heavy atom. The van der Waals surface area contributed by atoms with E-state index in [0.29, 0.717) is 12.5 Å². The average molecular weight is 190 g/mol. The summed E-state index contributed by atoms with van der Waals surface area (Å²) < 4.78 is 0. The Balaban J connectivity index is 2.43. The monoisotopic (exact) mass is 190 g/mol. The van der Waals surface area contributed by atoms with E-state index in [1.165, 1.54) is 0 Å². The van der Waals surface area contributed by atoms with Crippen molar-refractivity contribution in [1.29, 1.82) is 0 Å². The second-order valence-electron chi connectivity index (χ2n) is 3.36. The van der Waals surface area contributed by atoms with E-state index in [-0.39, 0.29) is 0 Å². The number of imidazole rings is 1. The van der Waals surface area contributed by atoms with Crippen molar-refractivity contribution in [3.8, 4) is 0 Å². The van der Waals surface area contributed by atoms with E-state index in [2.05, 4.69) is 21.9 Å². The molecule has 0 aliphatic rings. The summed E-state index contributed by atoms with van der Waals surface area (Å²) in [5, 5.41) is 0. The second kappa shape index (κ2) is 3.75. The number of fused-ring (bicyclic) bond motifs is 1. The molecule has 0 aliphatic carbocycles. The summed E-state index contributed by atoms with van der Waals surface area (Å²) in [5.74, 6) is 1.29. The second-order valence-corrected chi connectivity index (χ2v) is 3.36. The summed E-state index contributed by atoms with van der Waals surface area (Å²) >= 11 is 0. The molecule has 1 unspecified atom stereocenters. The highest BCUT2D eigenvalue weighted by molar-refractivity contribution is 5.73. The first-order valence-corrected chi connectivity index (χ1v) is 4.84. The maximum absolute atomic E-state index is 5.66. The predicted octanol–water partition coefficient (Wildman–Crippen LogP) is 1.41. The first kappa shape index (κ1) is 9.15. The molecule has 14 heavy (non-hydrogen) atoms. The standard InChI is InChI=1S/C10H14N4/c1-2-7(5-11)10-13-8-3-4-12-6-9(8)14-10/h3-4,6-7H,2,5,11H2,1H3,(H,13,14). The van der Waals surface area contributed by atoms with E-state index < -0.39 is 0 Å². The zero-order valence-electron chi connectivity index (χ0n) is 8.20. The Morgan fingerprint density at radius 1 is 1.57 bits per heavy atom. The fourth-order valence-electron chi connectivity index (χ4n) is 1.54. The van der Waals surface area contributed by atoms with Crippen LogP contribution < -0.4 is 5.73 Å². The highest BCUT2D eigenvalue weighted by atomic mass is 14.9. The highest BCUT2D eigenvalue weighted by Gasteiger charge is 2.11. The van der Waals surface area contributed by atoms with E-state index in [1.807, 2.05) is 6.07 Å². The van der Waals surface area contributed by atoms with Crippen LogP contribution in [0.4, 0.5) is 0 Å². The van der Waals surface area contributed by atoms with Crippen LogP contribution in [-0.4, -0.2) is 21.5 Å². The van der Waals surface area contributed by atoms with Crippen molar-refractivity contribution in [2.75, 3.05) is 6.54 Å². The van der Waals surface area contributed by atoms with Crippen molar-refractivity contribution in [3.63, 3.8) is 0 Å². The lowest BCUT2D eigenvalue weighted by Crippen LogP contribution is -2.12. The van der Waals surface area contributed by atoms with Crippen molar-refractivity contribution in [1.82, 2.24) is 15.0 Å². The molecule has 0 fully saturated rings. The lowest BCUT2D eigenvalue weighted by atomic mass is 10.1. The topological polar surface area (TPSA) is 67.6 Å². The molecule has 3 N–H and O–H groups in total. The molecule has 2 aromatic heterocycles. The van der Waals surface area contributed by atoms with Crippen LogP contribution in [0.25, 0.3) is 11.0 Å². The number of nitrogens with zero attached hydrogens (tertiary/aromatic N) is 2. The summed E-state index contributed by atoms with van der Waals surface area (Å²) in [6.07, 6.45) is 4.54. The molecule has 74 valence electrons. The molecular formula is C10H14N4. The van der Waals surface area contributed by atoms with Gasteiger partial charge in [0.1, 0.15) is 5.82 Å². The first-order valence-electron chi connectivity index (χ1n) is 4.84. The predicted molar refractivity (Wildman–Crippen MR) is 56.0 cm³/mol. The van der Waals surface area contributed by atoms with Gasteiger partial charge < -0.3 is 10.7 Å². The first-order chi connectivity index (χ1) is 6.85. The number of H-pyrrole nitrogens is 1. The molecule has 0 spiro atoms. The van der Waals surface area contributed by atoms with Crippen molar-refractivity contribution >= 4 is 11.0 Å². The van der Waals surface area contributed by atoms with Crippen molar-refractivity contribution in [2.24, 2.45) is 5.73 Å². The van der Waals surface area contributed by atoms with Gasteiger partial charge in [-0.1, -0.05) is 6.92 Å². The van der Waals surface area contributed by atoms with Gasteiger partial charge in [-0.25, -0.2) is 4.98 Å². The van der Waals surface area contributed by atoms with Gasteiger partial charge in [0.15, 0.2) is 0 Å². The van der Waals surface area contributed by atoms with E-state index in [1.54, 1.807) is 12.4 Å². The third kappa shape index (κ3) is 1.48. The average Bonchev–Trinajstić information content (AvgIpc) is 2.63. The van der Waals surface area contributed by atoms with Gasteiger partial charge in [0, 0.05) is 18.7 Å². The number of aromatic amines is 1. The van der Waals surface area contributed by atoms with Crippen LogP contribution in [0.2, 0.25) is 0 Å². The van der Waals surface area contributed by atoms with Crippen LogP contribution in [0, 0.1) is 0 Å². The largest absolute Gasteiger partial charge is 0.340 e. The lowest BCUT2D eigenvalue weighted by molar-refractivity contribution is 0.641. The van der Waals surface area contributed by atoms with Crippen LogP contribution in [0.5, 0.6) is 0 Å². The van der Waals surface area contributed by atoms with Crippen LogP contribution in [0.3, 0.4) is 0 Å². The summed E-state index contributed by atoms with van der Waals surface area (Å²) in [5.41, 5.74) is 7.60. The minimum atomic E-state index is 0.322. The minimum Gasteiger partial charge on any atom is -0.340 e. The number of nitrogens with two attached hydrogens (primary N) is 1. The summed E-state index contributed by atoms with van der Waals surface area (Å²) in [6, 6.07) is 1.90. The molecule has 2 rings (SSSR count). The zero-order chi connectivity index (χ0) is 9.97. The van der Waals surface area contributed by atoms with Crippen molar-refractivity contribution in [3.05, 3.63) is 24.3 Å². The summed E-state index contributed by atoms with van der Waals surface area (Å²) in [6.45, 7) is 2.74. The van der Waals surface area contributed by atoms with E-state index in [4.69, 9.17) is 5.73 Å². The Hall–Kier alpha value is -1.42. The molecule has 0 amide bonds. The smallest absolute Gasteiger partial charge is 0.111 e. The number of aromatic nitrogens is 3. The SMILES string of the molecule is CCC(CN)c1nc2ccncc2[nH]1.